The van der Waals surface area contributed by atoms with Gasteiger partial charge < -0.3 is 14.4 Å². The standard InChI is InChI=1S/C11H24NO4PS/c1-4-6-8-15-17(14,16-9-7-5-2)18-10-11(13)12-3/h4-10H2,1-3H3,(H,12,13). The van der Waals surface area contributed by atoms with E-state index in [0.29, 0.717) is 13.2 Å². The molecule has 0 aliphatic heterocycles. The zero-order chi connectivity index (χ0) is 13.9. The number of hydrogen-bond donors (Lipinski definition) is 1. The number of rotatable bonds is 11. The van der Waals surface area contributed by atoms with Gasteiger partial charge in [0.05, 0.1) is 19.0 Å². The zero-order valence-electron chi connectivity index (χ0n) is 11.4. The van der Waals surface area contributed by atoms with Crippen molar-refractivity contribution in [2.75, 3.05) is 26.0 Å². The largest absolute Gasteiger partial charge is 0.389 e. The zero-order valence-corrected chi connectivity index (χ0v) is 13.1. The molecule has 1 N–H and O–H groups in total. The van der Waals surface area contributed by atoms with Crippen molar-refractivity contribution in [1.82, 2.24) is 5.32 Å². The Bertz CT molecular complexity index is 262. The lowest BCUT2D eigenvalue weighted by molar-refractivity contribution is -0.118. The second-order valence-electron chi connectivity index (χ2n) is 3.77. The van der Waals surface area contributed by atoms with Gasteiger partial charge in [-0.25, -0.2) is 4.57 Å². The summed E-state index contributed by atoms with van der Waals surface area (Å²) in [6.07, 6.45) is 3.60. The molecule has 0 heterocycles. The van der Waals surface area contributed by atoms with Gasteiger partial charge in [-0.15, -0.1) is 0 Å². The second kappa shape index (κ2) is 10.9. The Hall–Kier alpha value is -0.0300. The Balaban J connectivity index is 4.20. The highest BCUT2D eigenvalue weighted by Gasteiger charge is 2.26. The Morgan fingerprint density at radius 2 is 1.67 bits per heavy atom. The summed E-state index contributed by atoms with van der Waals surface area (Å²) in [5.74, 6) is -0.0927. The van der Waals surface area contributed by atoms with Crippen molar-refractivity contribution in [3.8, 4) is 0 Å². The normalized spacial score (nSPS) is 11.5. The Kier molecular flexibility index (Phi) is 10.8. The van der Waals surface area contributed by atoms with Crippen molar-refractivity contribution in [2.24, 2.45) is 0 Å². The van der Waals surface area contributed by atoms with E-state index in [2.05, 4.69) is 5.32 Å². The fourth-order valence-corrected chi connectivity index (χ4v) is 4.03. The molecule has 0 saturated heterocycles. The average Bonchev–Trinajstić information content (AvgIpc) is 2.37. The molecule has 0 fully saturated rings. The number of carbonyl (C=O) groups is 1. The van der Waals surface area contributed by atoms with Gasteiger partial charge in [-0.05, 0) is 24.2 Å². The summed E-state index contributed by atoms with van der Waals surface area (Å²) in [6.45, 7) is 1.68. The molecule has 0 radical (unpaired) electrons. The van der Waals surface area contributed by atoms with Crippen LogP contribution >= 0.6 is 18.2 Å². The maximum atomic E-state index is 12.3. The van der Waals surface area contributed by atoms with Gasteiger partial charge in [-0.3, -0.25) is 4.79 Å². The van der Waals surface area contributed by atoms with E-state index < -0.39 is 6.80 Å². The third-order valence-electron chi connectivity index (χ3n) is 2.13. The predicted molar refractivity (Wildman–Crippen MR) is 75.9 cm³/mol. The van der Waals surface area contributed by atoms with E-state index in [1.807, 2.05) is 13.8 Å². The van der Waals surface area contributed by atoms with Crippen LogP contribution in [0.5, 0.6) is 0 Å². The fourth-order valence-electron chi connectivity index (χ4n) is 0.963. The van der Waals surface area contributed by atoms with Crippen LogP contribution in [0.4, 0.5) is 0 Å². The van der Waals surface area contributed by atoms with Gasteiger partial charge in [0, 0.05) is 7.05 Å². The Morgan fingerprint density at radius 1 is 1.17 bits per heavy atom. The molecular weight excluding hydrogens is 273 g/mol. The summed E-state index contributed by atoms with van der Waals surface area (Å²) in [6, 6.07) is 0. The van der Waals surface area contributed by atoms with Crippen LogP contribution in [0, 0.1) is 0 Å². The lowest BCUT2D eigenvalue weighted by Crippen LogP contribution is -2.19. The van der Waals surface area contributed by atoms with Gasteiger partial charge in [-0.1, -0.05) is 26.7 Å². The molecule has 0 rings (SSSR count). The average molecular weight is 297 g/mol. The number of carbonyl (C=O) groups excluding carboxylic acids is 1. The van der Waals surface area contributed by atoms with Gasteiger partial charge in [0.2, 0.25) is 5.91 Å². The topological polar surface area (TPSA) is 64.6 Å². The summed E-state index contributed by atoms with van der Waals surface area (Å²) < 4.78 is 23.0. The van der Waals surface area contributed by atoms with E-state index in [1.54, 1.807) is 7.05 Å². The molecule has 0 bridgehead atoms. The summed E-state index contributed by atoms with van der Waals surface area (Å²) in [5.41, 5.74) is 0. The molecule has 0 spiro atoms. The molecular formula is C11H24NO4PS. The summed E-state index contributed by atoms with van der Waals surface area (Å²) >= 11 is 0.956. The maximum Gasteiger partial charge on any atom is 0.389 e. The van der Waals surface area contributed by atoms with E-state index >= 15 is 0 Å². The first-order chi connectivity index (χ1) is 8.58. The third kappa shape index (κ3) is 8.97. The molecule has 0 aromatic heterocycles. The summed E-state index contributed by atoms with van der Waals surface area (Å²) in [5, 5.41) is 2.48. The van der Waals surface area contributed by atoms with Gasteiger partial charge in [0.1, 0.15) is 0 Å². The highest BCUT2D eigenvalue weighted by molar-refractivity contribution is 8.55. The number of nitrogens with one attached hydrogen (secondary N) is 1. The van der Waals surface area contributed by atoms with Crippen molar-refractivity contribution in [1.29, 1.82) is 0 Å². The van der Waals surface area contributed by atoms with Crippen molar-refractivity contribution in [3.05, 3.63) is 0 Å². The van der Waals surface area contributed by atoms with Crippen LogP contribution in [0.3, 0.4) is 0 Å². The molecule has 18 heavy (non-hydrogen) atoms. The van der Waals surface area contributed by atoms with Gasteiger partial charge in [0.15, 0.2) is 0 Å². The minimum absolute atomic E-state index is 0.0893. The van der Waals surface area contributed by atoms with Crippen LogP contribution < -0.4 is 5.32 Å². The highest BCUT2D eigenvalue weighted by atomic mass is 32.7. The quantitative estimate of drug-likeness (QED) is 0.468. The first kappa shape index (κ1) is 18.0. The van der Waals surface area contributed by atoms with Gasteiger partial charge in [-0.2, -0.15) is 0 Å². The first-order valence-corrected chi connectivity index (χ1v) is 9.45. The van der Waals surface area contributed by atoms with Crippen LogP contribution in [-0.4, -0.2) is 31.9 Å². The lowest BCUT2D eigenvalue weighted by Gasteiger charge is -2.17. The van der Waals surface area contributed by atoms with Crippen molar-refractivity contribution in [3.63, 3.8) is 0 Å². The van der Waals surface area contributed by atoms with Crippen LogP contribution in [0.2, 0.25) is 0 Å². The van der Waals surface area contributed by atoms with E-state index in [9.17, 15) is 9.36 Å². The summed E-state index contributed by atoms with van der Waals surface area (Å²) in [7, 11) is 1.55. The predicted octanol–water partition coefficient (Wildman–Crippen LogP) is 3.21. The summed E-state index contributed by atoms with van der Waals surface area (Å²) in [4.78, 5) is 11.2. The van der Waals surface area contributed by atoms with Crippen LogP contribution in [0.25, 0.3) is 0 Å². The minimum atomic E-state index is -3.19. The van der Waals surface area contributed by atoms with E-state index in [4.69, 9.17) is 9.05 Å². The van der Waals surface area contributed by atoms with Gasteiger partial charge >= 0.3 is 6.80 Å². The molecule has 108 valence electrons. The molecule has 0 aliphatic rings. The van der Waals surface area contributed by atoms with E-state index in [0.717, 1.165) is 37.1 Å². The molecule has 0 aromatic carbocycles. The molecule has 0 atom stereocenters. The van der Waals surface area contributed by atoms with E-state index in [-0.39, 0.29) is 11.7 Å². The number of unbranched alkanes of at least 4 members (excludes halogenated alkanes) is 2. The molecule has 0 unspecified atom stereocenters. The Morgan fingerprint density at radius 3 is 2.06 bits per heavy atom. The van der Waals surface area contributed by atoms with Crippen molar-refractivity contribution in [2.45, 2.75) is 39.5 Å². The van der Waals surface area contributed by atoms with Crippen LogP contribution in [-0.2, 0) is 18.4 Å². The first-order valence-electron chi connectivity index (χ1n) is 6.32. The van der Waals surface area contributed by atoms with Crippen LogP contribution in [0.1, 0.15) is 39.5 Å². The fraction of sp³-hybridized carbons (Fsp3) is 0.909. The van der Waals surface area contributed by atoms with Gasteiger partial charge in [0.25, 0.3) is 0 Å². The van der Waals surface area contributed by atoms with Crippen molar-refractivity contribution >= 4 is 24.1 Å². The van der Waals surface area contributed by atoms with Crippen molar-refractivity contribution < 1.29 is 18.4 Å². The molecule has 7 heteroatoms. The number of hydrogen-bond acceptors (Lipinski definition) is 5. The highest BCUT2D eigenvalue weighted by Crippen LogP contribution is 2.60. The molecule has 1 amide bonds. The monoisotopic (exact) mass is 297 g/mol. The van der Waals surface area contributed by atoms with Crippen LogP contribution in [0.15, 0.2) is 0 Å². The lowest BCUT2D eigenvalue weighted by atomic mass is 10.4. The Labute approximate surface area is 114 Å². The SMILES string of the molecule is CCCCOP(=O)(OCCCC)SCC(=O)NC. The van der Waals surface area contributed by atoms with E-state index in [1.165, 1.54) is 0 Å². The smallest absolute Gasteiger partial charge is 0.358 e. The molecule has 0 saturated carbocycles. The number of amides is 1. The molecule has 5 nitrogen and oxygen atoms in total. The minimum Gasteiger partial charge on any atom is -0.358 e. The second-order valence-corrected chi connectivity index (χ2v) is 7.84. The molecule has 0 aromatic rings. The third-order valence-corrected chi connectivity index (χ3v) is 5.80. The maximum absolute atomic E-state index is 12.3. The molecule has 0 aliphatic carbocycles.